The summed E-state index contributed by atoms with van der Waals surface area (Å²) in [4.78, 5) is 27.9. The molecule has 1 atom stereocenters. The van der Waals surface area contributed by atoms with Crippen LogP contribution >= 0.6 is 11.6 Å². The number of Topliss-reactive ketones (excluding diaryl/α,β-unsaturated/α-hetero) is 1. The van der Waals surface area contributed by atoms with Crippen LogP contribution < -0.4 is 14.4 Å². The number of anilines is 1. The third kappa shape index (κ3) is 4.37. The molecule has 0 saturated carbocycles. The van der Waals surface area contributed by atoms with Gasteiger partial charge in [0, 0.05) is 21.8 Å². The Hall–Kier alpha value is -3.77. The van der Waals surface area contributed by atoms with Crippen molar-refractivity contribution in [3.8, 4) is 11.5 Å². The summed E-state index contributed by atoms with van der Waals surface area (Å²) in [6, 6.07) is 19.5. The van der Waals surface area contributed by atoms with Crippen LogP contribution in [0.15, 0.2) is 78.4 Å². The number of rotatable bonds is 6. The number of hydrogen-bond donors (Lipinski definition) is 1. The van der Waals surface area contributed by atoms with Crippen LogP contribution in [0.2, 0.25) is 5.02 Å². The summed E-state index contributed by atoms with van der Waals surface area (Å²) in [5.74, 6) is -0.686. The van der Waals surface area contributed by atoms with Gasteiger partial charge in [0.2, 0.25) is 0 Å². The molecule has 1 aliphatic heterocycles. The van der Waals surface area contributed by atoms with E-state index in [9.17, 15) is 14.7 Å². The number of halogens is 1. The van der Waals surface area contributed by atoms with Crippen molar-refractivity contribution in [1.82, 2.24) is 0 Å². The fraction of sp³-hybridized carbons (Fsp3) is 0.185. The Bertz CT molecular complexity index is 1250. The minimum absolute atomic E-state index is 0.00645. The Morgan fingerprint density at radius 2 is 1.62 bits per heavy atom. The van der Waals surface area contributed by atoms with E-state index >= 15 is 0 Å². The average Bonchev–Trinajstić information content (AvgIpc) is 3.09. The summed E-state index contributed by atoms with van der Waals surface area (Å²) in [6.07, 6.45) is -0.00645. The number of methoxy groups -OCH3 is 1. The maximum Gasteiger partial charge on any atom is 0.300 e. The highest BCUT2D eigenvalue weighted by Crippen LogP contribution is 2.45. The van der Waals surface area contributed by atoms with Gasteiger partial charge in [-0.2, -0.15) is 0 Å². The van der Waals surface area contributed by atoms with Gasteiger partial charge in [-0.3, -0.25) is 14.5 Å². The number of carbonyl (C=O) groups is 2. The second-order valence-electron chi connectivity index (χ2n) is 8.08. The molecule has 4 rings (SSSR count). The molecule has 1 heterocycles. The molecule has 1 fully saturated rings. The van der Waals surface area contributed by atoms with E-state index in [1.807, 2.05) is 13.8 Å². The van der Waals surface area contributed by atoms with Crippen LogP contribution in [0.25, 0.3) is 5.76 Å². The van der Waals surface area contributed by atoms with Crippen molar-refractivity contribution < 1.29 is 24.2 Å². The summed E-state index contributed by atoms with van der Waals surface area (Å²) in [5.41, 5.74) is 1.41. The molecule has 0 aromatic heterocycles. The Kier molecular flexibility index (Phi) is 6.61. The molecule has 1 amide bonds. The summed E-state index contributed by atoms with van der Waals surface area (Å²) in [7, 11) is 1.52. The zero-order valence-corrected chi connectivity index (χ0v) is 19.7. The van der Waals surface area contributed by atoms with Crippen molar-refractivity contribution >= 4 is 34.7 Å². The Morgan fingerprint density at radius 1 is 0.971 bits per heavy atom. The number of aliphatic hydroxyl groups excluding tert-OH is 1. The monoisotopic (exact) mass is 477 g/mol. The first kappa shape index (κ1) is 23.4. The number of hydrogen-bond acceptors (Lipinski definition) is 5. The number of ether oxygens (including phenoxy) is 2. The first-order valence-electron chi connectivity index (χ1n) is 10.8. The van der Waals surface area contributed by atoms with E-state index < -0.39 is 17.7 Å². The van der Waals surface area contributed by atoms with Crippen LogP contribution in [-0.2, 0) is 9.59 Å². The molecule has 3 aromatic rings. The molecule has 0 aliphatic carbocycles. The second kappa shape index (κ2) is 9.61. The minimum Gasteiger partial charge on any atom is -0.507 e. The minimum atomic E-state index is -0.899. The van der Waals surface area contributed by atoms with Crippen molar-refractivity contribution in [1.29, 1.82) is 0 Å². The van der Waals surface area contributed by atoms with E-state index in [0.717, 1.165) is 0 Å². The first-order valence-corrected chi connectivity index (χ1v) is 11.2. The Morgan fingerprint density at radius 3 is 2.24 bits per heavy atom. The molecule has 1 N–H and O–H groups in total. The quantitative estimate of drug-likeness (QED) is 0.277. The van der Waals surface area contributed by atoms with Crippen LogP contribution in [-0.4, -0.2) is 30.0 Å². The second-order valence-corrected chi connectivity index (χ2v) is 8.51. The van der Waals surface area contributed by atoms with Gasteiger partial charge in [-0.05, 0) is 68.4 Å². The van der Waals surface area contributed by atoms with Crippen molar-refractivity contribution in [2.75, 3.05) is 12.0 Å². The van der Waals surface area contributed by atoms with E-state index in [1.165, 1.54) is 12.0 Å². The van der Waals surface area contributed by atoms with Crippen molar-refractivity contribution in [2.24, 2.45) is 0 Å². The number of ketones is 1. The summed E-state index contributed by atoms with van der Waals surface area (Å²) in [6.45, 7) is 3.84. The fourth-order valence-corrected chi connectivity index (χ4v) is 4.13. The van der Waals surface area contributed by atoms with E-state index in [0.29, 0.717) is 33.3 Å². The van der Waals surface area contributed by atoms with E-state index in [1.54, 1.807) is 72.8 Å². The van der Waals surface area contributed by atoms with Gasteiger partial charge in [0.25, 0.3) is 11.7 Å². The predicted molar refractivity (Wildman–Crippen MR) is 131 cm³/mol. The van der Waals surface area contributed by atoms with E-state index in [4.69, 9.17) is 21.1 Å². The SMILES string of the molecule is COc1ccccc1C1/C(=C(/O)c2ccc(Cl)cc2)C(=O)C(=O)N1c1ccc(OC(C)C)cc1. The number of carbonyl (C=O) groups excluding carboxylic acids is 2. The number of para-hydroxylation sites is 1. The van der Waals surface area contributed by atoms with Gasteiger partial charge in [0.05, 0.1) is 24.8 Å². The number of nitrogens with zero attached hydrogens (tertiary/aromatic N) is 1. The van der Waals surface area contributed by atoms with Crippen molar-refractivity contribution in [3.05, 3.63) is 94.5 Å². The molecule has 1 unspecified atom stereocenters. The lowest BCUT2D eigenvalue weighted by molar-refractivity contribution is -0.132. The van der Waals surface area contributed by atoms with Gasteiger partial charge in [0.1, 0.15) is 17.3 Å². The maximum absolute atomic E-state index is 13.3. The zero-order valence-electron chi connectivity index (χ0n) is 19.0. The highest BCUT2D eigenvalue weighted by atomic mass is 35.5. The van der Waals surface area contributed by atoms with E-state index in [-0.39, 0.29) is 17.4 Å². The highest BCUT2D eigenvalue weighted by molar-refractivity contribution is 6.51. The van der Waals surface area contributed by atoms with Gasteiger partial charge >= 0.3 is 0 Å². The predicted octanol–water partition coefficient (Wildman–Crippen LogP) is 5.76. The normalized spacial score (nSPS) is 17.3. The van der Waals surface area contributed by atoms with Crippen LogP contribution in [0.5, 0.6) is 11.5 Å². The molecule has 3 aromatic carbocycles. The maximum atomic E-state index is 13.3. The van der Waals surface area contributed by atoms with Crippen LogP contribution in [0.4, 0.5) is 5.69 Å². The molecular weight excluding hydrogens is 454 g/mol. The van der Waals surface area contributed by atoms with E-state index in [2.05, 4.69) is 0 Å². The Balaban J connectivity index is 1.90. The van der Waals surface area contributed by atoms with Gasteiger partial charge in [0.15, 0.2) is 0 Å². The summed E-state index contributed by atoms with van der Waals surface area (Å²) < 4.78 is 11.2. The Labute approximate surface area is 203 Å². The van der Waals surface area contributed by atoms with Gasteiger partial charge in [-0.15, -0.1) is 0 Å². The number of amides is 1. The molecule has 34 heavy (non-hydrogen) atoms. The molecular formula is C27H24ClNO5. The standard InChI is InChI=1S/C27H24ClNO5/c1-16(2)34-20-14-12-19(13-15-20)29-24(21-6-4-5-7-22(21)33-3)23(26(31)27(29)32)25(30)17-8-10-18(28)11-9-17/h4-16,24,30H,1-3H3/b25-23-. The lowest BCUT2D eigenvalue weighted by atomic mass is 9.94. The van der Waals surface area contributed by atoms with Crippen LogP contribution in [0.1, 0.15) is 31.0 Å². The topological polar surface area (TPSA) is 76.1 Å². The largest absolute Gasteiger partial charge is 0.507 e. The lowest BCUT2D eigenvalue weighted by Gasteiger charge is -2.27. The average molecular weight is 478 g/mol. The fourth-order valence-electron chi connectivity index (χ4n) is 4.01. The van der Waals surface area contributed by atoms with Gasteiger partial charge < -0.3 is 14.6 Å². The highest BCUT2D eigenvalue weighted by Gasteiger charge is 2.47. The molecule has 0 radical (unpaired) electrons. The zero-order chi connectivity index (χ0) is 24.4. The van der Waals surface area contributed by atoms with Crippen molar-refractivity contribution in [3.63, 3.8) is 0 Å². The smallest absolute Gasteiger partial charge is 0.300 e. The number of aliphatic hydroxyl groups is 1. The molecule has 7 heteroatoms. The van der Waals surface area contributed by atoms with Crippen LogP contribution in [0.3, 0.4) is 0 Å². The molecule has 1 saturated heterocycles. The summed E-state index contributed by atoms with van der Waals surface area (Å²) >= 11 is 5.99. The molecule has 1 aliphatic rings. The van der Waals surface area contributed by atoms with Gasteiger partial charge in [-0.1, -0.05) is 29.8 Å². The lowest BCUT2D eigenvalue weighted by Crippen LogP contribution is -2.29. The molecule has 174 valence electrons. The van der Waals surface area contributed by atoms with Gasteiger partial charge in [-0.25, -0.2) is 0 Å². The molecule has 6 nitrogen and oxygen atoms in total. The first-order chi connectivity index (χ1) is 16.3. The summed E-state index contributed by atoms with van der Waals surface area (Å²) in [5, 5.41) is 11.7. The molecule has 0 spiro atoms. The number of benzene rings is 3. The molecule has 0 bridgehead atoms. The third-order valence-corrected chi connectivity index (χ3v) is 5.73. The van der Waals surface area contributed by atoms with Crippen molar-refractivity contribution in [2.45, 2.75) is 26.0 Å². The van der Waals surface area contributed by atoms with Crippen LogP contribution in [0, 0.1) is 0 Å². The third-order valence-electron chi connectivity index (χ3n) is 5.48.